The molecule has 1 saturated heterocycles. The van der Waals surface area contributed by atoms with E-state index in [1.165, 1.54) is 19.3 Å². The molecule has 1 aliphatic rings. The molecule has 1 aliphatic heterocycles. The number of likely N-dealkylation sites (tertiary alicyclic amines) is 1. The van der Waals surface area contributed by atoms with Crippen LogP contribution in [-0.4, -0.2) is 42.4 Å². The fourth-order valence-electron chi connectivity index (χ4n) is 3.03. The van der Waals surface area contributed by atoms with Gasteiger partial charge >= 0.3 is 0 Å². The van der Waals surface area contributed by atoms with Gasteiger partial charge in [-0.2, -0.15) is 0 Å². The molecule has 1 fully saturated rings. The molecule has 0 amide bonds. The minimum atomic E-state index is -0.218. The molecule has 124 valence electrons. The summed E-state index contributed by atoms with van der Waals surface area (Å²) in [5.41, 5.74) is 0. The largest absolute Gasteiger partial charge is 0.494 e. The molecular weight excluding hydrogens is 298 g/mol. The Morgan fingerprint density at radius 3 is 2.73 bits per heavy atom. The van der Waals surface area contributed by atoms with Crippen molar-refractivity contribution >= 4 is 11.6 Å². The fraction of sp³-hybridized carbons (Fsp3) is 0.667. The molecule has 1 aromatic carbocycles. The van der Waals surface area contributed by atoms with Gasteiger partial charge in [0.1, 0.15) is 5.75 Å². The first kappa shape index (κ1) is 17.6. The SMILES string of the molecule is CCCCCN1CC[C@H](CCOc2ccc(Cl)cc2)[C@H](O)C1. The number of aliphatic hydroxyl groups excluding tert-OH is 1. The maximum absolute atomic E-state index is 10.3. The molecule has 2 atom stereocenters. The molecule has 3 nitrogen and oxygen atoms in total. The van der Waals surface area contributed by atoms with Crippen molar-refractivity contribution in [1.82, 2.24) is 4.90 Å². The third kappa shape index (κ3) is 5.79. The second-order valence-corrected chi connectivity index (χ2v) is 6.65. The van der Waals surface area contributed by atoms with Crippen molar-refractivity contribution in [3.63, 3.8) is 0 Å². The highest BCUT2D eigenvalue weighted by molar-refractivity contribution is 6.30. The third-order valence-corrected chi connectivity index (χ3v) is 4.71. The van der Waals surface area contributed by atoms with Crippen LogP contribution >= 0.6 is 11.6 Å². The van der Waals surface area contributed by atoms with Gasteiger partial charge in [0.2, 0.25) is 0 Å². The summed E-state index contributed by atoms with van der Waals surface area (Å²) in [5.74, 6) is 1.20. The van der Waals surface area contributed by atoms with Gasteiger partial charge in [-0.05, 0) is 62.5 Å². The molecule has 1 N–H and O–H groups in total. The first-order valence-corrected chi connectivity index (χ1v) is 8.85. The Morgan fingerprint density at radius 1 is 1.27 bits per heavy atom. The Bertz CT molecular complexity index is 424. The van der Waals surface area contributed by atoms with Crippen molar-refractivity contribution in [2.75, 3.05) is 26.2 Å². The molecule has 0 radical (unpaired) electrons. The van der Waals surface area contributed by atoms with Crippen LogP contribution in [0.15, 0.2) is 24.3 Å². The van der Waals surface area contributed by atoms with Gasteiger partial charge in [-0.25, -0.2) is 0 Å². The molecule has 0 bridgehead atoms. The lowest BCUT2D eigenvalue weighted by molar-refractivity contribution is 0.0129. The van der Waals surface area contributed by atoms with Crippen molar-refractivity contribution in [3.05, 3.63) is 29.3 Å². The van der Waals surface area contributed by atoms with Gasteiger partial charge in [0, 0.05) is 11.6 Å². The number of hydrogen-bond acceptors (Lipinski definition) is 3. The third-order valence-electron chi connectivity index (χ3n) is 4.45. The molecule has 0 aliphatic carbocycles. The minimum absolute atomic E-state index is 0.218. The van der Waals surface area contributed by atoms with Crippen molar-refractivity contribution in [3.8, 4) is 5.75 Å². The standard InChI is InChI=1S/C18H28ClNO2/c1-2-3-4-11-20-12-9-15(18(21)14-20)10-13-22-17-7-5-16(19)6-8-17/h5-8,15,18,21H,2-4,9-14H2,1H3/t15-,18-/m1/s1. The smallest absolute Gasteiger partial charge is 0.119 e. The van der Waals surface area contributed by atoms with E-state index in [0.29, 0.717) is 12.5 Å². The van der Waals surface area contributed by atoms with Gasteiger partial charge in [0.15, 0.2) is 0 Å². The molecule has 22 heavy (non-hydrogen) atoms. The van der Waals surface area contributed by atoms with Crippen LogP contribution in [0.3, 0.4) is 0 Å². The minimum Gasteiger partial charge on any atom is -0.494 e. The van der Waals surface area contributed by atoms with Gasteiger partial charge < -0.3 is 14.7 Å². The number of aliphatic hydroxyl groups is 1. The van der Waals surface area contributed by atoms with E-state index in [9.17, 15) is 5.11 Å². The van der Waals surface area contributed by atoms with Crippen molar-refractivity contribution < 1.29 is 9.84 Å². The van der Waals surface area contributed by atoms with Crippen molar-refractivity contribution in [2.24, 2.45) is 5.92 Å². The number of β-amino-alcohol motifs (C(OH)–C–C–N with tert-alkyl or cyclic N) is 1. The van der Waals surface area contributed by atoms with Crippen molar-refractivity contribution in [2.45, 2.75) is 45.1 Å². The average Bonchev–Trinajstić information content (AvgIpc) is 2.51. The van der Waals surface area contributed by atoms with Gasteiger partial charge in [-0.1, -0.05) is 31.4 Å². The van der Waals surface area contributed by atoms with Crippen LogP contribution in [0.5, 0.6) is 5.75 Å². The summed E-state index contributed by atoms with van der Waals surface area (Å²) in [6.07, 6.45) is 5.54. The van der Waals surface area contributed by atoms with Crippen LogP contribution in [0, 0.1) is 5.92 Å². The highest BCUT2D eigenvalue weighted by Gasteiger charge is 2.27. The van der Waals surface area contributed by atoms with E-state index >= 15 is 0 Å². The topological polar surface area (TPSA) is 32.7 Å². The Hall–Kier alpha value is -0.770. The lowest BCUT2D eigenvalue weighted by Gasteiger charge is -2.36. The molecular formula is C18H28ClNO2. The zero-order valence-corrected chi connectivity index (χ0v) is 14.3. The first-order chi connectivity index (χ1) is 10.7. The molecule has 1 heterocycles. The average molecular weight is 326 g/mol. The van der Waals surface area contributed by atoms with Crippen LogP contribution in [0.1, 0.15) is 39.0 Å². The van der Waals surface area contributed by atoms with E-state index in [0.717, 1.165) is 43.2 Å². The summed E-state index contributed by atoms with van der Waals surface area (Å²) < 4.78 is 5.73. The fourth-order valence-corrected chi connectivity index (χ4v) is 3.16. The van der Waals surface area contributed by atoms with Gasteiger partial charge in [0.05, 0.1) is 12.7 Å². The number of benzene rings is 1. The zero-order valence-electron chi connectivity index (χ0n) is 13.5. The monoisotopic (exact) mass is 325 g/mol. The lowest BCUT2D eigenvalue weighted by atomic mass is 9.91. The summed E-state index contributed by atoms with van der Waals surface area (Å²) in [6, 6.07) is 7.44. The summed E-state index contributed by atoms with van der Waals surface area (Å²) >= 11 is 5.85. The van der Waals surface area contributed by atoms with Gasteiger partial charge in [-0.15, -0.1) is 0 Å². The molecule has 2 rings (SSSR count). The van der Waals surface area contributed by atoms with Crippen molar-refractivity contribution in [1.29, 1.82) is 0 Å². The molecule has 0 unspecified atom stereocenters. The molecule has 1 aromatic rings. The molecule has 0 aromatic heterocycles. The predicted octanol–water partition coefficient (Wildman–Crippen LogP) is 3.98. The van der Waals surface area contributed by atoms with E-state index in [1.807, 2.05) is 24.3 Å². The van der Waals surface area contributed by atoms with Gasteiger partial charge in [0.25, 0.3) is 0 Å². The maximum Gasteiger partial charge on any atom is 0.119 e. The number of rotatable bonds is 8. The van der Waals surface area contributed by atoms with E-state index in [1.54, 1.807) is 0 Å². The highest BCUT2D eigenvalue weighted by Crippen LogP contribution is 2.22. The van der Waals surface area contributed by atoms with Crippen LogP contribution < -0.4 is 4.74 Å². The summed E-state index contributed by atoms with van der Waals surface area (Å²) in [7, 11) is 0. The number of hydrogen-bond donors (Lipinski definition) is 1. The quantitative estimate of drug-likeness (QED) is 0.734. The highest BCUT2D eigenvalue weighted by atomic mass is 35.5. The van der Waals surface area contributed by atoms with Crippen LogP contribution in [0.2, 0.25) is 5.02 Å². The first-order valence-electron chi connectivity index (χ1n) is 8.48. The summed E-state index contributed by atoms with van der Waals surface area (Å²) in [5, 5.41) is 11.0. The summed E-state index contributed by atoms with van der Waals surface area (Å²) in [4.78, 5) is 2.40. The predicted molar refractivity (Wildman–Crippen MR) is 91.6 cm³/mol. The summed E-state index contributed by atoms with van der Waals surface area (Å²) in [6.45, 7) is 5.92. The Kier molecular flexibility index (Phi) is 7.50. The number of halogens is 1. The van der Waals surface area contributed by atoms with E-state index < -0.39 is 0 Å². The second-order valence-electron chi connectivity index (χ2n) is 6.21. The maximum atomic E-state index is 10.3. The lowest BCUT2D eigenvalue weighted by Crippen LogP contribution is -2.44. The van der Waals surface area contributed by atoms with Gasteiger partial charge in [-0.3, -0.25) is 0 Å². The van der Waals surface area contributed by atoms with E-state index in [4.69, 9.17) is 16.3 Å². The number of nitrogens with zero attached hydrogens (tertiary/aromatic N) is 1. The normalized spacial score (nSPS) is 22.7. The number of unbranched alkanes of at least 4 members (excludes halogenated alkanes) is 2. The Morgan fingerprint density at radius 2 is 2.05 bits per heavy atom. The van der Waals surface area contributed by atoms with E-state index in [-0.39, 0.29) is 6.10 Å². The molecule has 4 heteroatoms. The molecule has 0 saturated carbocycles. The second kappa shape index (κ2) is 9.39. The molecule has 0 spiro atoms. The number of piperidine rings is 1. The van der Waals surface area contributed by atoms with E-state index in [2.05, 4.69) is 11.8 Å². The Balaban J connectivity index is 1.65. The zero-order chi connectivity index (χ0) is 15.8. The van der Waals surface area contributed by atoms with Crippen LogP contribution in [-0.2, 0) is 0 Å². The van der Waals surface area contributed by atoms with Crippen LogP contribution in [0.25, 0.3) is 0 Å². The number of ether oxygens (including phenoxy) is 1. The Labute approximate surface area is 139 Å². The van der Waals surface area contributed by atoms with Crippen LogP contribution in [0.4, 0.5) is 0 Å².